The molecule has 0 atom stereocenters. The number of hydrogen-bond acceptors (Lipinski definition) is 3. The van der Waals surface area contributed by atoms with Gasteiger partial charge in [-0.3, -0.25) is 0 Å². The fourth-order valence-corrected chi connectivity index (χ4v) is 2.01. The van der Waals surface area contributed by atoms with Crippen molar-refractivity contribution < 1.29 is 14.7 Å². The zero-order chi connectivity index (χ0) is 11.5. The first kappa shape index (κ1) is 10.9. The van der Waals surface area contributed by atoms with Gasteiger partial charge in [0.15, 0.2) is 0 Å². The molecule has 82 valence electrons. The number of nitrogens with zero attached hydrogens (tertiary/aromatic N) is 1. The number of carboxylic acid groups (broad SMARTS) is 1. The van der Waals surface area contributed by atoms with Crippen molar-refractivity contribution in [1.29, 1.82) is 0 Å². The molecule has 0 saturated heterocycles. The predicted molar refractivity (Wildman–Crippen MR) is 61.4 cm³/mol. The number of carbonyl (C=O) groups is 2. The molecule has 5 heteroatoms. The summed E-state index contributed by atoms with van der Waals surface area (Å²) in [5, 5.41) is 8.87. The van der Waals surface area contributed by atoms with E-state index in [9.17, 15) is 9.59 Å². The van der Waals surface area contributed by atoms with Crippen molar-refractivity contribution in [3.63, 3.8) is 0 Å². The first-order chi connectivity index (χ1) is 7.70. The standard InChI is InChI=1S/C11H12BNO3/c14-7-12-13-4-3-8-5-9(11(15)16)1-2-10(8)6-13/h1-2,5,7,12H,3-4,6H2,(H,15,16). The van der Waals surface area contributed by atoms with Gasteiger partial charge in [0.2, 0.25) is 0 Å². The fourth-order valence-electron chi connectivity index (χ4n) is 2.01. The molecular weight excluding hydrogens is 205 g/mol. The van der Waals surface area contributed by atoms with Crippen LogP contribution in [0.25, 0.3) is 0 Å². The van der Waals surface area contributed by atoms with Gasteiger partial charge in [-0.25, -0.2) is 4.79 Å². The molecule has 0 aliphatic carbocycles. The third-order valence-corrected chi connectivity index (χ3v) is 2.88. The van der Waals surface area contributed by atoms with E-state index in [0.717, 1.165) is 36.8 Å². The van der Waals surface area contributed by atoms with E-state index in [4.69, 9.17) is 5.11 Å². The average molecular weight is 217 g/mol. The molecule has 0 amide bonds. The zero-order valence-corrected chi connectivity index (χ0v) is 8.85. The van der Waals surface area contributed by atoms with Gasteiger partial charge in [-0.15, -0.1) is 0 Å². The molecule has 1 N–H and O–H groups in total. The van der Waals surface area contributed by atoms with E-state index in [0.29, 0.717) is 13.0 Å². The minimum absolute atomic E-state index is 0.336. The molecule has 1 aliphatic heterocycles. The number of fused-ring (bicyclic) bond motifs is 1. The van der Waals surface area contributed by atoms with Gasteiger partial charge < -0.3 is 14.7 Å². The Morgan fingerprint density at radius 2 is 2.25 bits per heavy atom. The summed E-state index contributed by atoms with van der Waals surface area (Å²) >= 11 is 0. The van der Waals surface area contributed by atoms with Crippen molar-refractivity contribution >= 4 is 19.6 Å². The highest BCUT2D eigenvalue weighted by Gasteiger charge is 2.17. The van der Waals surface area contributed by atoms with E-state index < -0.39 is 5.97 Å². The lowest BCUT2D eigenvalue weighted by Crippen LogP contribution is -2.34. The third-order valence-electron chi connectivity index (χ3n) is 2.88. The van der Waals surface area contributed by atoms with Gasteiger partial charge in [0.05, 0.1) is 11.7 Å². The minimum Gasteiger partial charge on any atom is -0.478 e. The van der Waals surface area contributed by atoms with Crippen molar-refractivity contribution in [3.05, 3.63) is 34.9 Å². The van der Waals surface area contributed by atoms with Crippen LogP contribution in [0.4, 0.5) is 0 Å². The molecule has 16 heavy (non-hydrogen) atoms. The van der Waals surface area contributed by atoms with Gasteiger partial charge in [0.1, 0.15) is 0 Å². The largest absolute Gasteiger partial charge is 0.478 e. The normalized spacial score (nSPS) is 15.2. The lowest BCUT2D eigenvalue weighted by molar-refractivity contribution is 0.0696. The summed E-state index contributed by atoms with van der Waals surface area (Å²) in [6.45, 7) is 1.54. The van der Waals surface area contributed by atoms with Gasteiger partial charge in [-0.2, -0.15) is 0 Å². The van der Waals surface area contributed by atoms with Crippen LogP contribution in [0.2, 0.25) is 0 Å². The summed E-state index contributed by atoms with van der Waals surface area (Å²) in [5.74, 6) is -0.891. The molecule has 1 heterocycles. The summed E-state index contributed by atoms with van der Waals surface area (Å²) < 4.78 is 0. The molecule has 0 fully saturated rings. The Morgan fingerprint density at radius 1 is 1.44 bits per heavy atom. The van der Waals surface area contributed by atoms with Crippen molar-refractivity contribution in [1.82, 2.24) is 4.81 Å². The highest BCUT2D eigenvalue weighted by Crippen LogP contribution is 2.19. The monoisotopic (exact) mass is 217 g/mol. The predicted octanol–water partition coefficient (Wildman–Crippen LogP) is 0.285. The summed E-state index contributed by atoms with van der Waals surface area (Å²) in [7, 11) is 0.445. The maximum absolute atomic E-state index is 10.8. The molecule has 0 bridgehead atoms. The van der Waals surface area contributed by atoms with Gasteiger partial charge >= 0.3 is 5.97 Å². The van der Waals surface area contributed by atoms with Crippen LogP contribution in [0.5, 0.6) is 0 Å². The summed E-state index contributed by atoms with van der Waals surface area (Å²) in [6, 6.07) is 5.19. The second-order valence-corrected chi connectivity index (χ2v) is 3.94. The Bertz CT molecular complexity index is 433. The van der Waals surface area contributed by atoms with Crippen LogP contribution in [0.1, 0.15) is 21.5 Å². The maximum Gasteiger partial charge on any atom is 0.335 e. The molecule has 4 nitrogen and oxygen atoms in total. The van der Waals surface area contributed by atoms with Crippen LogP contribution in [-0.4, -0.2) is 36.0 Å². The molecule has 1 aromatic carbocycles. The highest BCUT2D eigenvalue weighted by molar-refractivity contribution is 6.64. The third kappa shape index (κ3) is 2.14. The molecule has 0 unspecified atom stereocenters. The van der Waals surface area contributed by atoms with Crippen LogP contribution in [-0.2, 0) is 17.8 Å². The van der Waals surface area contributed by atoms with Gasteiger partial charge in [0.25, 0.3) is 7.41 Å². The molecule has 0 aromatic heterocycles. The Hall–Kier alpha value is -1.62. The van der Waals surface area contributed by atoms with Crippen LogP contribution in [0, 0.1) is 0 Å². The van der Waals surface area contributed by atoms with E-state index in [1.807, 2.05) is 6.07 Å². The average Bonchev–Trinajstić information content (AvgIpc) is 2.28. The van der Waals surface area contributed by atoms with Crippen molar-refractivity contribution in [2.24, 2.45) is 0 Å². The molecule has 0 radical (unpaired) electrons. The van der Waals surface area contributed by atoms with Gasteiger partial charge in [-0.1, -0.05) is 6.07 Å². The molecular formula is C11H12BNO3. The second-order valence-electron chi connectivity index (χ2n) is 3.94. The Morgan fingerprint density at radius 3 is 2.94 bits per heavy atom. The SMILES string of the molecule is O=CBN1CCc2cc(C(=O)O)ccc2C1. The Labute approximate surface area is 94.1 Å². The van der Waals surface area contributed by atoms with Crippen LogP contribution in [0.3, 0.4) is 0 Å². The number of carbonyl (C=O) groups excluding carboxylic acids is 1. The van der Waals surface area contributed by atoms with Crippen molar-refractivity contribution in [2.45, 2.75) is 13.0 Å². The molecule has 0 saturated carbocycles. The number of aromatic carboxylic acids is 1. The topological polar surface area (TPSA) is 57.6 Å². The summed E-state index contributed by atoms with van der Waals surface area (Å²) in [4.78, 5) is 23.3. The molecule has 0 spiro atoms. The number of carboxylic acids is 1. The van der Waals surface area contributed by atoms with Crippen LogP contribution in [0.15, 0.2) is 18.2 Å². The quantitative estimate of drug-likeness (QED) is 0.583. The van der Waals surface area contributed by atoms with Crippen molar-refractivity contribution in [3.8, 4) is 0 Å². The highest BCUT2D eigenvalue weighted by atomic mass is 16.4. The molecule has 2 rings (SSSR count). The minimum atomic E-state index is -0.891. The zero-order valence-electron chi connectivity index (χ0n) is 8.85. The summed E-state index contributed by atoms with van der Waals surface area (Å²) in [5.41, 5.74) is 2.54. The number of hydrogen-bond donors (Lipinski definition) is 1. The lowest BCUT2D eigenvalue weighted by atomic mass is 9.88. The number of benzene rings is 1. The van der Waals surface area contributed by atoms with E-state index >= 15 is 0 Å². The lowest BCUT2D eigenvalue weighted by Gasteiger charge is -2.27. The summed E-state index contributed by atoms with van der Waals surface area (Å²) in [6.07, 6.45) is 1.71. The van der Waals surface area contributed by atoms with E-state index in [2.05, 4.69) is 4.81 Å². The smallest absolute Gasteiger partial charge is 0.335 e. The van der Waals surface area contributed by atoms with Crippen LogP contribution >= 0.6 is 0 Å². The second kappa shape index (κ2) is 4.49. The Kier molecular flexibility index (Phi) is 3.06. The molecule has 1 aromatic rings. The fraction of sp³-hybridized carbons (Fsp3) is 0.273. The van der Waals surface area contributed by atoms with E-state index in [1.165, 1.54) is 0 Å². The van der Waals surface area contributed by atoms with Gasteiger partial charge in [0, 0.05) is 6.54 Å². The van der Waals surface area contributed by atoms with E-state index in [1.54, 1.807) is 12.1 Å². The van der Waals surface area contributed by atoms with Crippen LogP contribution < -0.4 is 0 Å². The Balaban J connectivity index is 2.22. The maximum atomic E-state index is 10.8. The first-order valence-electron chi connectivity index (χ1n) is 5.22. The van der Waals surface area contributed by atoms with Gasteiger partial charge in [-0.05, 0) is 36.2 Å². The number of rotatable bonds is 3. The first-order valence-corrected chi connectivity index (χ1v) is 5.22. The van der Waals surface area contributed by atoms with Crippen molar-refractivity contribution in [2.75, 3.05) is 6.54 Å². The molecule has 1 aliphatic rings. The van der Waals surface area contributed by atoms with E-state index in [-0.39, 0.29) is 0 Å².